The lowest BCUT2D eigenvalue weighted by atomic mass is 9.81. The minimum Gasteiger partial charge on any atom is -0.322 e. The molecule has 5 nitrogen and oxygen atoms in total. The van der Waals surface area contributed by atoms with Crippen molar-refractivity contribution in [2.45, 2.75) is 25.7 Å². The first kappa shape index (κ1) is 16.8. The first-order chi connectivity index (χ1) is 13.5. The van der Waals surface area contributed by atoms with Gasteiger partial charge in [0.05, 0.1) is 28.0 Å². The Kier molecular flexibility index (Phi) is 3.65. The van der Waals surface area contributed by atoms with Crippen molar-refractivity contribution >= 4 is 16.8 Å². The molecule has 7 heteroatoms. The molecule has 1 aliphatic rings. The molecule has 2 aromatic carbocycles. The number of carbonyl (C=O) groups is 1. The predicted octanol–water partition coefficient (Wildman–Crippen LogP) is 4.25. The number of benzene rings is 2. The molecule has 0 aliphatic heterocycles. The van der Waals surface area contributed by atoms with Crippen LogP contribution in [0.4, 0.5) is 8.78 Å². The van der Waals surface area contributed by atoms with Crippen LogP contribution in [-0.4, -0.2) is 25.5 Å². The van der Waals surface area contributed by atoms with Crippen LogP contribution in [0.5, 0.6) is 0 Å². The SMILES string of the molecule is Cc1nn(-c2nc3ccccc3[nH]2)c2c1C(=O)C[C@H](c1cc(F)cc(F)c1)C2. The lowest BCUT2D eigenvalue weighted by Crippen LogP contribution is -2.21. The maximum absolute atomic E-state index is 13.7. The van der Waals surface area contributed by atoms with Crippen molar-refractivity contribution in [3.8, 4) is 5.95 Å². The fourth-order valence-electron chi connectivity index (χ4n) is 4.02. The van der Waals surface area contributed by atoms with Crippen LogP contribution in [0.2, 0.25) is 0 Å². The number of H-pyrrole nitrogens is 1. The highest BCUT2D eigenvalue weighted by Gasteiger charge is 2.33. The zero-order valence-corrected chi connectivity index (χ0v) is 15.0. The van der Waals surface area contributed by atoms with Gasteiger partial charge in [-0.1, -0.05) is 12.1 Å². The van der Waals surface area contributed by atoms with Crippen molar-refractivity contribution in [2.24, 2.45) is 0 Å². The molecule has 1 atom stereocenters. The average Bonchev–Trinajstić information content (AvgIpc) is 3.22. The molecule has 0 amide bonds. The maximum atomic E-state index is 13.7. The number of carbonyl (C=O) groups excluding carboxylic acids is 1. The van der Waals surface area contributed by atoms with Gasteiger partial charge in [-0.2, -0.15) is 5.10 Å². The Morgan fingerprint density at radius 2 is 1.86 bits per heavy atom. The van der Waals surface area contributed by atoms with Gasteiger partial charge >= 0.3 is 0 Å². The van der Waals surface area contributed by atoms with E-state index in [0.717, 1.165) is 17.1 Å². The van der Waals surface area contributed by atoms with Crippen molar-refractivity contribution in [1.82, 2.24) is 19.7 Å². The predicted molar refractivity (Wildman–Crippen MR) is 99.7 cm³/mol. The molecular formula is C21H16F2N4O. The number of rotatable bonds is 2. The first-order valence-corrected chi connectivity index (χ1v) is 9.02. The number of hydrogen-bond acceptors (Lipinski definition) is 3. The number of halogens is 2. The Labute approximate surface area is 159 Å². The molecule has 5 rings (SSSR count). The second-order valence-corrected chi connectivity index (χ2v) is 7.13. The molecular weight excluding hydrogens is 362 g/mol. The summed E-state index contributed by atoms with van der Waals surface area (Å²) in [4.78, 5) is 20.6. The van der Waals surface area contributed by atoms with Crippen molar-refractivity contribution in [3.05, 3.63) is 76.6 Å². The number of imidazole rings is 1. The van der Waals surface area contributed by atoms with Crippen LogP contribution in [0, 0.1) is 18.6 Å². The van der Waals surface area contributed by atoms with Crippen LogP contribution >= 0.6 is 0 Å². The standard InChI is InChI=1S/C21H16F2N4O/c1-11-20-18(27(26-11)21-24-16-4-2-3-5-17(16)25-21)8-13(9-19(20)28)12-6-14(22)10-15(23)7-12/h2-7,10,13H,8-9H2,1H3,(H,24,25)/t13-/m1/s1. The van der Waals surface area contributed by atoms with Crippen molar-refractivity contribution in [2.75, 3.05) is 0 Å². The van der Waals surface area contributed by atoms with E-state index < -0.39 is 11.6 Å². The van der Waals surface area contributed by atoms with Gasteiger partial charge in [-0.25, -0.2) is 18.4 Å². The third-order valence-corrected chi connectivity index (χ3v) is 5.24. The topological polar surface area (TPSA) is 63.6 Å². The van der Waals surface area contributed by atoms with E-state index in [4.69, 9.17) is 0 Å². The summed E-state index contributed by atoms with van der Waals surface area (Å²) in [6.45, 7) is 1.79. The number of ketones is 1. The van der Waals surface area contributed by atoms with Gasteiger partial charge < -0.3 is 4.98 Å². The maximum Gasteiger partial charge on any atom is 0.229 e. The molecule has 0 unspecified atom stereocenters. The van der Waals surface area contributed by atoms with Gasteiger partial charge in [-0.05, 0) is 49.1 Å². The van der Waals surface area contributed by atoms with Crippen LogP contribution in [-0.2, 0) is 6.42 Å². The summed E-state index contributed by atoms with van der Waals surface area (Å²) >= 11 is 0. The number of fused-ring (bicyclic) bond motifs is 2. The number of nitrogens with one attached hydrogen (secondary N) is 1. The van der Waals surface area contributed by atoms with Gasteiger partial charge in [0.1, 0.15) is 11.6 Å². The fourth-order valence-corrected chi connectivity index (χ4v) is 4.02. The van der Waals surface area contributed by atoms with Gasteiger partial charge in [-0.15, -0.1) is 0 Å². The monoisotopic (exact) mass is 378 g/mol. The lowest BCUT2D eigenvalue weighted by Gasteiger charge is -2.22. The van der Waals surface area contributed by atoms with Crippen LogP contribution in [0.15, 0.2) is 42.5 Å². The van der Waals surface area contributed by atoms with E-state index in [0.29, 0.717) is 34.9 Å². The normalized spacial score (nSPS) is 16.5. The van der Waals surface area contributed by atoms with E-state index in [-0.39, 0.29) is 18.1 Å². The number of hydrogen-bond donors (Lipinski definition) is 1. The molecule has 0 saturated carbocycles. The Balaban J connectivity index is 1.62. The lowest BCUT2D eigenvalue weighted by molar-refractivity contribution is 0.0963. The number of para-hydroxylation sites is 2. The summed E-state index contributed by atoms with van der Waals surface area (Å²) in [6, 6.07) is 11.0. The molecule has 2 aromatic heterocycles. The number of aryl methyl sites for hydroxylation is 1. The summed E-state index contributed by atoms with van der Waals surface area (Å²) in [5, 5.41) is 4.53. The minimum absolute atomic E-state index is 0.0734. The van der Waals surface area contributed by atoms with Crippen molar-refractivity contribution < 1.29 is 13.6 Å². The summed E-state index contributed by atoms with van der Waals surface area (Å²) in [5.41, 5.74) is 4.06. The zero-order chi connectivity index (χ0) is 19.4. The molecule has 4 aromatic rings. The average molecular weight is 378 g/mol. The van der Waals surface area contributed by atoms with E-state index in [9.17, 15) is 13.6 Å². The number of aromatic amines is 1. The highest BCUT2D eigenvalue weighted by atomic mass is 19.1. The zero-order valence-electron chi connectivity index (χ0n) is 15.0. The van der Waals surface area contributed by atoms with Gasteiger partial charge in [0.15, 0.2) is 5.78 Å². The third-order valence-electron chi connectivity index (χ3n) is 5.24. The van der Waals surface area contributed by atoms with Crippen LogP contribution in [0.3, 0.4) is 0 Å². The Bertz CT molecular complexity index is 1190. The second-order valence-electron chi connectivity index (χ2n) is 7.13. The smallest absolute Gasteiger partial charge is 0.229 e. The Morgan fingerprint density at radius 3 is 2.61 bits per heavy atom. The molecule has 2 heterocycles. The highest BCUT2D eigenvalue weighted by molar-refractivity contribution is 6.00. The molecule has 0 bridgehead atoms. The molecule has 0 saturated heterocycles. The third kappa shape index (κ3) is 2.62. The van der Waals surface area contributed by atoms with Gasteiger partial charge in [-0.3, -0.25) is 4.79 Å². The molecule has 1 N–H and O–H groups in total. The van der Waals surface area contributed by atoms with Crippen LogP contribution < -0.4 is 0 Å². The van der Waals surface area contributed by atoms with E-state index in [1.165, 1.54) is 12.1 Å². The van der Waals surface area contributed by atoms with E-state index in [1.54, 1.807) is 11.6 Å². The molecule has 0 spiro atoms. The molecule has 1 aliphatic carbocycles. The molecule has 0 fully saturated rings. The second kappa shape index (κ2) is 6.09. The summed E-state index contributed by atoms with van der Waals surface area (Å²) < 4.78 is 29.0. The van der Waals surface area contributed by atoms with Gasteiger partial charge in [0.25, 0.3) is 0 Å². The van der Waals surface area contributed by atoms with Gasteiger partial charge in [0, 0.05) is 12.5 Å². The van der Waals surface area contributed by atoms with Crippen LogP contribution in [0.25, 0.3) is 17.0 Å². The van der Waals surface area contributed by atoms with Crippen LogP contribution in [0.1, 0.15) is 39.6 Å². The van der Waals surface area contributed by atoms with Crippen molar-refractivity contribution in [3.63, 3.8) is 0 Å². The first-order valence-electron chi connectivity index (χ1n) is 9.02. The van der Waals surface area contributed by atoms with Gasteiger partial charge in [0.2, 0.25) is 5.95 Å². The van der Waals surface area contributed by atoms with E-state index in [2.05, 4.69) is 15.1 Å². The largest absolute Gasteiger partial charge is 0.322 e. The molecule has 0 radical (unpaired) electrons. The highest BCUT2D eigenvalue weighted by Crippen LogP contribution is 2.35. The summed E-state index contributed by atoms with van der Waals surface area (Å²) in [6.07, 6.45) is 0.643. The van der Waals surface area contributed by atoms with E-state index >= 15 is 0 Å². The summed E-state index contributed by atoms with van der Waals surface area (Å²) in [5.74, 6) is -1.16. The molecule has 140 valence electrons. The fraction of sp³-hybridized carbons (Fsp3) is 0.190. The summed E-state index contributed by atoms with van der Waals surface area (Å²) in [7, 11) is 0. The molecule has 28 heavy (non-hydrogen) atoms. The number of aromatic nitrogens is 4. The Hall–Kier alpha value is -3.35. The van der Waals surface area contributed by atoms with Crippen molar-refractivity contribution in [1.29, 1.82) is 0 Å². The van der Waals surface area contributed by atoms with E-state index in [1.807, 2.05) is 24.3 Å². The quantitative estimate of drug-likeness (QED) is 0.567. The number of Topliss-reactive ketones (excluding diaryl/α,β-unsaturated/α-hetero) is 1. The minimum atomic E-state index is -0.643. The number of nitrogens with zero attached hydrogens (tertiary/aromatic N) is 3. The Morgan fingerprint density at radius 1 is 1.11 bits per heavy atom.